The number of carbonyl (C=O) groups excluding carboxylic acids is 1. The van der Waals surface area contributed by atoms with Gasteiger partial charge in [0.2, 0.25) is 0 Å². The molecule has 0 radical (unpaired) electrons. The summed E-state index contributed by atoms with van der Waals surface area (Å²) >= 11 is 0. The lowest BCUT2D eigenvalue weighted by atomic mass is 10.0. The summed E-state index contributed by atoms with van der Waals surface area (Å²) in [5.41, 5.74) is 2.67. The summed E-state index contributed by atoms with van der Waals surface area (Å²) in [7, 11) is 0. The highest BCUT2D eigenvalue weighted by Gasteiger charge is 2.18. The molecular weight excluding hydrogens is 204 g/mol. The SMILES string of the molecule is O=C1CCOc2cc(-c3ccoc3)ccc21. The Kier molecular flexibility index (Phi) is 2.03. The van der Waals surface area contributed by atoms with Crippen molar-refractivity contribution < 1.29 is 13.9 Å². The molecule has 0 saturated carbocycles. The van der Waals surface area contributed by atoms with Crippen molar-refractivity contribution in [3.63, 3.8) is 0 Å². The summed E-state index contributed by atoms with van der Waals surface area (Å²) in [6.45, 7) is 0.473. The van der Waals surface area contributed by atoms with Gasteiger partial charge in [0, 0.05) is 12.0 Å². The second-order valence-electron chi connectivity index (χ2n) is 3.74. The van der Waals surface area contributed by atoms with Gasteiger partial charge < -0.3 is 9.15 Å². The van der Waals surface area contributed by atoms with E-state index in [0.717, 1.165) is 11.1 Å². The summed E-state index contributed by atoms with van der Waals surface area (Å²) in [5.74, 6) is 0.829. The molecule has 16 heavy (non-hydrogen) atoms. The first-order valence-electron chi connectivity index (χ1n) is 5.17. The second-order valence-corrected chi connectivity index (χ2v) is 3.74. The normalized spacial score (nSPS) is 14.4. The van der Waals surface area contributed by atoms with Gasteiger partial charge in [-0.25, -0.2) is 0 Å². The predicted molar refractivity (Wildman–Crippen MR) is 58.6 cm³/mol. The van der Waals surface area contributed by atoms with Crippen molar-refractivity contribution >= 4 is 5.78 Å². The molecule has 2 aromatic rings. The quantitative estimate of drug-likeness (QED) is 0.732. The third-order valence-corrected chi connectivity index (χ3v) is 2.72. The molecule has 1 aromatic carbocycles. The van der Waals surface area contributed by atoms with Gasteiger partial charge in [-0.3, -0.25) is 4.79 Å². The van der Waals surface area contributed by atoms with E-state index in [-0.39, 0.29) is 5.78 Å². The van der Waals surface area contributed by atoms with Gasteiger partial charge in [-0.2, -0.15) is 0 Å². The fourth-order valence-corrected chi connectivity index (χ4v) is 1.87. The smallest absolute Gasteiger partial charge is 0.169 e. The van der Waals surface area contributed by atoms with E-state index < -0.39 is 0 Å². The van der Waals surface area contributed by atoms with Gasteiger partial charge in [0.1, 0.15) is 5.75 Å². The van der Waals surface area contributed by atoms with Crippen molar-refractivity contribution in [2.75, 3.05) is 6.61 Å². The first-order chi connectivity index (χ1) is 7.84. The number of Topliss-reactive ketones (excluding diaryl/α,β-unsaturated/α-hetero) is 1. The predicted octanol–water partition coefficient (Wildman–Crippen LogP) is 2.91. The Morgan fingerprint density at radius 2 is 2.06 bits per heavy atom. The number of carbonyl (C=O) groups is 1. The third-order valence-electron chi connectivity index (χ3n) is 2.72. The Balaban J connectivity index is 2.08. The molecule has 0 spiro atoms. The zero-order chi connectivity index (χ0) is 11.0. The van der Waals surface area contributed by atoms with Gasteiger partial charge in [-0.1, -0.05) is 6.07 Å². The number of benzene rings is 1. The van der Waals surface area contributed by atoms with E-state index in [1.165, 1.54) is 0 Å². The first-order valence-corrected chi connectivity index (χ1v) is 5.17. The summed E-state index contributed by atoms with van der Waals surface area (Å²) < 4.78 is 10.5. The number of rotatable bonds is 1. The van der Waals surface area contributed by atoms with Crippen LogP contribution in [-0.2, 0) is 0 Å². The molecule has 0 bridgehead atoms. The van der Waals surface area contributed by atoms with Crippen LogP contribution >= 0.6 is 0 Å². The average molecular weight is 214 g/mol. The van der Waals surface area contributed by atoms with Crippen LogP contribution < -0.4 is 4.74 Å². The maximum absolute atomic E-state index is 11.6. The van der Waals surface area contributed by atoms with E-state index in [9.17, 15) is 4.79 Å². The van der Waals surface area contributed by atoms with E-state index in [1.54, 1.807) is 12.5 Å². The summed E-state index contributed by atoms with van der Waals surface area (Å²) in [5, 5.41) is 0. The molecule has 1 aromatic heterocycles. The fourth-order valence-electron chi connectivity index (χ4n) is 1.87. The second kappa shape index (κ2) is 3.52. The molecule has 2 heterocycles. The molecule has 0 amide bonds. The van der Waals surface area contributed by atoms with Crippen molar-refractivity contribution in [3.8, 4) is 16.9 Å². The van der Waals surface area contributed by atoms with E-state index >= 15 is 0 Å². The zero-order valence-electron chi connectivity index (χ0n) is 8.60. The minimum atomic E-state index is 0.153. The van der Waals surface area contributed by atoms with E-state index in [0.29, 0.717) is 24.3 Å². The zero-order valence-corrected chi connectivity index (χ0v) is 8.60. The molecule has 1 aliphatic heterocycles. The summed E-state index contributed by atoms with van der Waals surface area (Å²) in [6.07, 6.45) is 3.77. The van der Waals surface area contributed by atoms with Crippen LogP contribution in [0, 0.1) is 0 Å². The molecule has 0 atom stereocenters. The van der Waals surface area contributed by atoms with Crippen molar-refractivity contribution in [2.24, 2.45) is 0 Å². The van der Waals surface area contributed by atoms with Gasteiger partial charge in [-0.05, 0) is 23.8 Å². The molecule has 0 fully saturated rings. The van der Waals surface area contributed by atoms with E-state index in [4.69, 9.17) is 9.15 Å². The van der Waals surface area contributed by atoms with Crippen molar-refractivity contribution in [3.05, 3.63) is 42.4 Å². The maximum atomic E-state index is 11.6. The number of hydrogen-bond acceptors (Lipinski definition) is 3. The fraction of sp³-hybridized carbons (Fsp3) is 0.154. The lowest BCUT2D eigenvalue weighted by molar-refractivity contribution is 0.0933. The standard InChI is InChI=1S/C13H10O3/c14-12-4-6-16-13-7-9(1-2-11(12)13)10-3-5-15-8-10/h1-3,5,7-8H,4,6H2. The molecular formula is C13H10O3. The van der Waals surface area contributed by atoms with Gasteiger partial charge >= 0.3 is 0 Å². The van der Waals surface area contributed by atoms with Crippen LogP contribution in [0.4, 0.5) is 0 Å². The van der Waals surface area contributed by atoms with Crippen LogP contribution in [0.25, 0.3) is 11.1 Å². The Morgan fingerprint density at radius 1 is 1.12 bits per heavy atom. The largest absolute Gasteiger partial charge is 0.492 e. The van der Waals surface area contributed by atoms with Crippen LogP contribution in [0.5, 0.6) is 5.75 Å². The first kappa shape index (κ1) is 9.21. The van der Waals surface area contributed by atoms with Gasteiger partial charge in [0.25, 0.3) is 0 Å². The molecule has 3 nitrogen and oxygen atoms in total. The summed E-state index contributed by atoms with van der Waals surface area (Å²) in [4.78, 5) is 11.6. The minimum absolute atomic E-state index is 0.153. The number of furan rings is 1. The number of fused-ring (bicyclic) bond motifs is 1. The van der Waals surface area contributed by atoms with Crippen molar-refractivity contribution in [1.29, 1.82) is 0 Å². The number of ether oxygens (including phenoxy) is 1. The Labute approximate surface area is 92.6 Å². The van der Waals surface area contributed by atoms with Crippen LogP contribution in [0.2, 0.25) is 0 Å². The van der Waals surface area contributed by atoms with Crippen LogP contribution in [0.15, 0.2) is 41.2 Å². The molecule has 0 unspecified atom stereocenters. The number of ketones is 1. The van der Waals surface area contributed by atoms with Crippen LogP contribution in [0.3, 0.4) is 0 Å². The molecule has 3 rings (SSSR count). The molecule has 0 saturated heterocycles. The van der Waals surface area contributed by atoms with Crippen molar-refractivity contribution in [1.82, 2.24) is 0 Å². The highest BCUT2D eigenvalue weighted by molar-refractivity contribution is 6.00. The van der Waals surface area contributed by atoms with Gasteiger partial charge in [0.15, 0.2) is 5.78 Å². The molecule has 1 aliphatic rings. The Morgan fingerprint density at radius 3 is 2.88 bits per heavy atom. The summed E-state index contributed by atoms with van der Waals surface area (Å²) in [6, 6.07) is 7.50. The minimum Gasteiger partial charge on any atom is -0.492 e. The highest BCUT2D eigenvalue weighted by atomic mass is 16.5. The third kappa shape index (κ3) is 1.41. The van der Waals surface area contributed by atoms with Gasteiger partial charge in [0.05, 0.1) is 24.7 Å². The van der Waals surface area contributed by atoms with Crippen molar-refractivity contribution in [2.45, 2.75) is 6.42 Å². The molecule has 0 aliphatic carbocycles. The topological polar surface area (TPSA) is 39.4 Å². The molecule has 80 valence electrons. The van der Waals surface area contributed by atoms with E-state index in [1.807, 2.05) is 24.3 Å². The number of hydrogen-bond donors (Lipinski definition) is 0. The Bertz CT molecular complexity index is 526. The lowest BCUT2D eigenvalue weighted by Gasteiger charge is -2.16. The molecule has 3 heteroatoms. The maximum Gasteiger partial charge on any atom is 0.169 e. The lowest BCUT2D eigenvalue weighted by Crippen LogP contribution is -2.14. The van der Waals surface area contributed by atoms with Gasteiger partial charge in [-0.15, -0.1) is 0 Å². The van der Waals surface area contributed by atoms with Crippen LogP contribution in [0.1, 0.15) is 16.8 Å². The highest BCUT2D eigenvalue weighted by Crippen LogP contribution is 2.30. The van der Waals surface area contributed by atoms with E-state index in [2.05, 4.69) is 0 Å². The van der Waals surface area contributed by atoms with Crippen LogP contribution in [-0.4, -0.2) is 12.4 Å². The average Bonchev–Trinajstić information content (AvgIpc) is 2.82. The monoisotopic (exact) mass is 214 g/mol. The molecule has 0 N–H and O–H groups in total. The Hall–Kier alpha value is -2.03.